The van der Waals surface area contributed by atoms with Gasteiger partial charge < -0.3 is 9.84 Å². The minimum Gasteiger partial charge on any atom is -0.389 e. The Morgan fingerprint density at radius 3 is 2.62 bits per heavy atom. The highest BCUT2D eigenvalue weighted by Crippen LogP contribution is 2.38. The summed E-state index contributed by atoms with van der Waals surface area (Å²) in [5.74, 6) is 0. The summed E-state index contributed by atoms with van der Waals surface area (Å²) in [5.41, 5.74) is -0.504. The van der Waals surface area contributed by atoms with Crippen LogP contribution in [0.25, 0.3) is 0 Å². The fraction of sp³-hybridized carbons (Fsp3) is 0.692. The number of hydrogen-bond acceptors (Lipinski definition) is 3. The summed E-state index contributed by atoms with van der Waals surface area (Å²) in [5, 5.41) is 10.3. The van der Waals surface area contributed by atoms with Crippen LogP contribution in [0.2, 0.25) is 0 Å². The van der Waals surface area contributed by atoms with Gasteiger partial charge in [-0.2, -0.15) is 0 Å². The highest BCUT2D eigenvalue weighted by atomic mass is 32.1. The Labute approximate surface area is 101 Å². The van der Waals surface area contributed by atoms with Gasteiger partial charge in [0.2, 0.25) is 0 Å². The average Bonchev–Trinajstić information content (AvgIpc) is 2.63. The standard InChI is InChI=1S/C13H20O2S/c1-3-11-5-6-12(16-11)9-13(14)7-10(8-13)15-4-2/h5-6,10,14H,3-4,7-9H2,1-2H3. The minimum absolute atomic E-state index is 0.278. The first-order chi connectivity index (χ1) is 7.65. The van der Waals surface area contributed by atoms with E-state index >= 15 is 0 Å². The van der Waals surface area contributed by atoms with E-state index in [0.717, 1.165) is 32.3 Å². The van der Waals surface area contributed by atoms with Crippen LogP contribution >= 0.6 is 11.3 Å². The normalized spacial score (nSPS) is 29.1. The maximum absolute atomic E-state index is 10.3. The SMILES string of the molecule is CCOC1CC(O)(Cc2ccc(CC)s2)C1. The van der Waals surface area contributed by atoms with Crippen molar-refractivity contribution in [1.82, 2.24) is 0 Å². The molecule has 1 aromatic heterocycles. The molecule has 1 N–H and O–H groups in total. The van der Waals surface area contributed by atoms with Crippen LogP contribution in [0, 0.1) is 0 Å². The Morgan fingerprint density at radius 2 is 2.06 bits per heavy atom. The van der Waals surface area contributed by atoms with Gasteiger partial charge in [-0.05, 0) is 25.5 Å². The van der Waals surface area contributed by atoms with Crippen LogP contribution in [0.5, 0.6) is 0 Å². The summed E-state index contributed by atoms with van der Waals surface area (Å²) in [6.45, 7) is 4.92. The highest BCUT2D eigenvalue weighted by Gasteiger charge is 2.43. The smallest absolute Gasteiger partial charge is 0.0745 e. The number of thiophene rings is 1. The lowest BCUT2D eigenvalue weighted by Crippen LogP contribution is -2.49. The summed E-state index contributed by atoms with van der Waals surface area (Å²) in [6.07, 6.45) is 3.74. The number of aryl methyl sites for hydroxylation is 1. The molecule has 1 aliphatic rings. The summed E-state index contributed by atoms with van der Waals surface area (Å²) >= 11 is 1.82. The first kappa shape index (κ1) is 12.1. The molecule has 0 aromatic carbocycles. The lowest BCUT2D eigenvalue weighted by atomic mass is 9.75. The second-order valence-corrected chi connectivity index (χ2v) is 5.86. The van der Waals surface area contributed by atoms with E-state index in [1.807, 2.05) is 18.3 Å². The average molecular weight is 240 g/mol. The summed E-state index contributed by atoms with van der Waals surface area (Å²) in [6, 6.07) is 4.32. The van der Waals surface area contributed by atoms with E-state index < -0.39 is 5.60 Å². The van der Waals surface area contributed by atoms with E-state index in [0.29, 0.717) is 0 Å². The van der Waals surface area contributed by atoms with E-state index in [-0.39, 0.29) is 6.10 Å². The molecule has 1 saturated carbocycles. The molecular formula is C13H20O2S. The summed E-state index contributed by atoms with van der Waals surface area (Å²) in [7, 11) is 0. The molecule has 0 atom stereocenters. The third-order valence-corrected chi connectivity index (χ3v) is 4.42. The zero-order valence-corrected chi connectivity index (χ0v) is 10.8. The Bertz CT molecular complexity index is 339. The van der Waals surface area contributed by atoms with Gasteiger partial charge in [0, 0.05) is 35.6 Å². The molecule has 3 heteroatoms. The molecule has 1 fully saturated rings. The maximum Gasteiger partial charge on any atom is 0.0745 e. The van der Waals surface area contributed by atoms with Crippen molar-refractivity contribution in [2.45, 2.75) is 51.2 Å². The summed E-state index contributed by atoms with van der Waals surface area (Å²) < 4.78 is 5.48. The van der Waals surface area contributed by atoms with E-state index in [9.17, 15) is 5.11 Å². The van der Waals surface area contributed by atoms with Gasteiger partial charge in [-0.1, -0.05) is 6.92 Å². The highest BCUT2D eigenvalue weighted by molar-refractivity contribution is 7.12. The maximum atomic E-state index is 10.3. The predicted octanol–water partition coefficient (Wildman–Crippen LogP) is 2.78. The second-order valence-electron chi connectivity index (χ2n) is 4.61. The number of ether oxygens (including phenoxy) is 1. The largest absolute Gasteiger partial charge is 0.389 e. The fourth-order valence-electron chi connectivity index (χ4n) is 2.32. The quantitative estimate of drug-likeness (QED) is 0.857. The van der Waals surface area contributed by atoms with Gasteiger partial charge in [0.25, 0.3) is 0 Å². The third kappa shape index (κ3) is 2.65. The summed E-state index contributed by atoms with van der Waals surface area (Å²) in [4.78, 5) is 2.70. The van der Waals surface area contributed by atoms with Gasteiger partial charge >= 0.3 is 0 Å². The number of aliphatic hydroxyl groups is 1. The van der Waals surface area contributed by atoms with Crippen LogP contribution < -0.4 is 0 Å². The number of rotatable bonds is 5. The Morgan fingerprint density at radius 1 is 1.38 bits per heavy atom. The molecular weight excluding hydrogens is 220 g/mol. The first-order valence-electron chi connectivity index (χ1n) is 6.07. The van der Waals surface area contributed by atoms with Crippen LogP contribution in [0.4, 0.5) is 0 Å². The van der Waals surface area contributed by atoms with E-state index in [4.69, 9.17) is 4.74 Å². The molecule has 0 bridgehead atoms. The van der Waals surface area contributed by atoms with Crippen molar-refractivity contribution in [1.29, 1.82) is 0 Å². The molecule has 0 radical (unpaired) electrons. The van der Waals surface area contributed by atoms with Crippen molar-refractivity contribution in [3.8, 4) is 0 Å². The van der Waals surface area contributed by atoms with Crippen LogP contribution in [-0.2, 0) is 17.6 Å². The Kier molecular flexibility index (Phi) is 3.67. The zero-order valence-electron chi connectivity index (χ0n) is 10.0. The predicted molar refractivity (Wildman–Crippen MR) is 67.0 cm³/mol. The lowest BCUT2D eigenvalue weighted by molar-refractivity contribution is -0.135. The molecule has 90 valence electrons. The molecule has 2 nitrogen and oxygen atoms in total. The molecule has 0 amide bonds. The van der Waals surface area contributed by atoms with Gasteiger partial charge in [-0.25, -0.2) is 0 Å². The van der Waals surface area contributed by atoms with E-state index in [1.54, 1.807) is 0 Å². The van der Waals surface area contributed by atoms with Crippen molar-refractivity contribution in [3.05, 3.63) is 21.9 Å². The molecule has 0 spiro atoms. The van der Waals surface area contributed by atoms with E-state index in [1.165, 1.54) is 9.75 Å². The van der Waals surface area contributed by atoms with Crippen molar-refractivity contribution < 1.29 is 9.84 Å². The Balaban J connectivity index is 1.86. The second kappa shape index (κ2) is 4.86. The fourth-order valence-corrected chi connectivity index (χ4v) is 3.41. The van der Waals surface area contributed by atoms with Crippen molar-refractivity contribution in [3.63, 3.8) is 0 Å². The van der Waals surface area contributed by atoms with Gasteiger partial charge in [0.05, 0.1) is 11.7 Å². The van der Waals surface area contributed by atoms with Crippen molar-refractivity contribution in [2.75, 3.05) is 6.61 Å². The van der Waals surface area contributed by atoms with Crippen LogP contribution in [0.1, 0.15) is 36.4 Å². The van der Waals surface area contributed by atoms with Gasteiger partial charge in [-0.15, -0.1) is 11.3 Å². The lowest BCUT2D eigenvalue weighted by Gasteiger charge is -2.43. The molecule has 2 rings (SSSR count). The third-order valence-electron chi connectivity index (χ3n) is 3.19. The zero-order chi connectivity index (χ0) is 11.6. The van der Waals surface area contributed by atoms with Crippen LogP contribution in [-0.4, -0.2) is 23.4 Å². The van der Waals surface area contributed by atoms with E-state index in [2.05, 4.69) is 19.1 Å². The molecule has 1 heterocycles. The van der Waals surface area contributed by atoms with Crippen molar-refractivity contribution in [2.24, 2.45) is 0 Å². The molecule has 0 unspecified atom stereocenters. The number of hydrogen-bond donors (Lipinski definition) is 1. The van der Waals surface area contributed by atoms with Crippen LogP contribution in [0.15, 0.2) is 12.1 Å². The molecule has 1 aliphatic carbocycles. The van der Waals surface area contributed by atoms with Gasteiger partial charge in [-0.3, -0.25) is 0 Å². The first-order valence-corrected chi connectivity index (χ1v) is 6.88. The molecule has 0 saturated heterocycles. The molecule has 1 aromatic rings. The monoisotopic (exact) mass is 240 g/mol. The minimum atomic E-state index is -0.504. The Hall–Kier alpha value is -0.380. The van der Waals surface area contributed by atoms with Crippen LogP contribution in [0.3, 0.4) is 0 Å². The van der Waals surface area contributed by atoms with Crippen molar-refractivity contribution >= 4 is 11.3 Å². The topological polar surface area (TPSA) is 29.5 Å². The van der Waals surface area contributed by atoms with Gasteiger partial charge in [0.15, 0.2) is 0 Å². The van der Waals surface area contributed by atoms with Gasteiger partial charge in [0.1, 0.15) is 0 Å². The molecule has 0 aliphatic heterocycles. The molecule has 16 heavy (non-hydrogen) atoms.